The van der Waals surface area contributed by atoms with Crippen molar-refractivity contribution in [3.05, 3.63) is 75.8 Å². The van der Waals surface area contributed by atoms with E-state index in [1.165, 1.54) is 24.3 Å². The molecule has 2 aromatic rings. The summed E-state index contributed by atoms with van der Waals surface area (Å²) in [7, 11) is 0. The maximum atomic E-state index is 12.4. The predicted molar refractivity (Wildman–Crippen MR) is 101 cm³/mol. The van der Waals surface area contributed by atoms with Crippen LogP contribution >= 0.6 is 0 Å². The van der Waals surface area contributed by atoms with Gasteiger partial charge in [0.05, 0.1) is 4.92 Å². The van der Waals surface area contributed by atoms with Gasteiger partial charge in [0.15, 0.2) is 12.4 Å². The molecule has 28 heavy (non-hydrogen) atoms. The lowest BCUT2D eigenvalue weighted by molar-refractivity contribution is -0.384. The van der Waals surface area contributed by atoms with Crippen molar-refractivity contribution in [2.75, 3.05) is 6.61 Å². The predicted octanol–water partition coefficient (Wildman–Crippen LogP) is 2.78. The van der Waals surface area contributed by atoms with Gasteiger partial charge in [-0.25, -0.2) is 4.79 Å². The Morgan fingerprint density at radius 2 is 1.61 bits per heavy atom. The minimum Gasteiger partial charge on any atom is -0.456 e. The molecule has 2 rings (SSSR count). The molecule has 2 aromatic carbocycles. The molecule has 0 aliphatic rings. The Morgan fingerprint density at radius 1 is 1.00 bits per heavy atom. The summed E-state index contributed by atoms with van der Waals surface area (Å²) in [6.07, 6.45) is 0. The molecule has 0 saturated heterocycles. The molecule has 1 amide bonds. The highest BCUT2D eigenvalue weighted by atomic mass is 16.6. The summed E-state index contributed by atoms with van der Waals surface area (Å²) in [5.41, 5.74) is 0.452. The summed E-state index contributed by atoms with van der Waals surface area (Å²) in [6, 6.07) is 12.5. The molecule has 0 aromatic heterocycles. The molecular weight excluding hydrogens is 364 g/mol. The summed E-state index contributed by atoms with van der Waals surface area (Å²) < 4.78 is 5.06. The SMILES string of the molecule is CC(C)C(NC(=O)c1ccccc1)C(=O)OCC(=O)c1ccc([N+](=O)[O-])cc1. The van der Waals surface area contributed by atoms with Crippen molar-refractivity contribution in [3.8, 4) is 0 Å². The molecule has 8 nitrogen and oxygen atoms in total. The van der Waals surface area contributed by atoms with E-state index >= 15 is 0 Å². The number of rotatable bonds is 8. The lowest BCUT2D eigenvalue weighted by atomic mass is 10.0. The van der Waals surface area contributed by atoms with Crippen LogP contribution in [0.4, 0.5) is 5.69 Å². The highest BCUT2D eigenvalue weighted by molar-refractivity contribution is 5.99. The lowest BCUT2D eigenvalue weighted by Crippen LogP contribution is -2.45. The normalized spacial score (nSPS) is 11.5. The first kappa shape index (κ1) is 20.8. The molecule has 0 spiro atoms. The van der Waals surface area contributed by atoms with Crippen LogP contribution in [0.5, 0.6) is 0 Å². The minimum atomic E-state index is -0.919. The number of Topliss-reactive ketones (excluding diaryl/α,β-unsaturated/α-hetero) is 1. The Morgan fingerprint density at radius 3 is 2.14 bits per heavy atom. The van der Waals surface area contributed by atoms with Gasteiger partial charge in [0.25, 0.3) is 11.6 Å². The second-order valence-electron chi connectivity index (χ2n) is 6.40. The van der Waals surface area contributed by atoms with Gasteiger partial charge in [0.1, 0.15) is 6.04 Å². The number of ether oxygens (including phenoxy) is 1. The molecule has 1 atom stereocenters. The molecule has 0 aliphatic carbocycles. The third-order valence-corrected chi connectivity index (χ3v) is 3.99. The molecule has 0 fully saturated rings. The minimum absolute atomic E-state index is 0.142. The summed E-state index contributed by atoms with van der Waals surface area (Å²) in [5, 5.41) is 13.3. The number of hydrogen-bond acceptors (Lipinski definition) is 6. The second-order valence-corrected chi connectivity index (χ2v) is 6.40. The summed E-state index contributed by atoms with van der Waals surface area (Å²) >= 11 is 0. The van der Waals surface area contributed by atoms with Gasteiger partial charge in [-0.05, 0) is 30.2 Å². The van der Waals surface area contributed by atoms with Crippen molar-refractivity contribution in [2.24, 2.45) is 5.92 Å². The number of hydrogen-bond donors (Lipinski definition) is 1. The van der Waals surface area contributed by atoms with Crippen molar-refractivity contribution >= 4 is 23.3 Å². The number of benzene rings is 2. The van der Waals surface area contributed by atoms with Crippen LogP contribution in [0.15, 0.2) is 54.6 Å². The van der Waals surface area contributed by atoms with Crippen molar-refractivity contribution < 1.29 is 24.0 Å². The first-order chi connectivity index (χ1) is 13.3. The number of amides is 1. The molecule has 0 radical (unpaired) electrons. The van der Waals surface area contributed by atoms with Crippen molar-refractivity contribution in [1.82, 2.24) is 5.32 Å². The van der Waals surface area contributed by atoms with Crippen molar-refractivity contribution in [1.29, 1.82) is 0 Å². The average Bonchev–Trinajstić information content (AvgIpc) is 2.70. The van der Waals surface area contributed by atoms with Gasteiger partial charge in [-0.15, -0.1) is 0 Å². The van der Waals surface area contributed by atoms with Crippen LogP contribution < -0.4 is 5.32 Å². The number of nitrogens with one attached hydrogen (secondary N) is 1. The molecule has 0 heterocycles. The number of ketones is 1. The number of nitro groups is 1. The maximum absolute atomic E-state index is 12.4. The van der Waals surface area contributed by atoms with Crippen LogP contribution in [0.2, 0.25) is 0 Å². The van der Waals surface area contributed by atoms with Gasteiger partial charge < -0.3 is 10.1 Å². The van der Waals surface area contributed by atoms with E-state index in [-0.39, 0.29) is 17.2 Å². The molecule has 1 N–H and O–H groups in total. The molecule has 8 heteroatoms. The fourth-order valence-corrected chi connectivity index (χ4v) is 2.39. The molecule has 0 aliphatic heterocycles. The number of carbonyl (C=O) groups is 3. The Hall–Kier alpha value is -3.55. The van der Waals surface area contributed by atoms with Crippen molar-refractivity contribution in [3.63, 3.8) is 0 Å². The standard InChI is InChI=1S/C20H20N2O6/c1-13(2)18(21-19(24)15-6-4-3-5-7-15)20(25)28-12-17(23)14-8-10-16(11-9-14)22(26)27/h3-11,13,18H,12H2,1-2H3,(H,21,24). The third-order valence-electron chi connectivity index (χ3n) is 3.99. The third kappa shape index (κ3) is 5.47. The highest BCUT2D eigenvalue weighted by Crippen LogP contribution is 2.13. The quantitative estimate of drug-likeness (QED) is 0.324. The monoisotopic (exact) mass is 384 g/mol. The Labute approximate surface area is 161 Å². The number of non-ortho nitro benzene ring substituents is 1. The van der Waals surface area contributed by atoms with Gasteiger partial charge in [-0.1, -0.05) is 32.0 Å². The Bertz CT molecular complexity index is 862. The number of nitrogens with zero attached hydrogens (tertiary/aromatic N) is 1. The van der Waals surface area contributed by atoms with E-state index in [1.54, 1.807) is 44.2 Å². The summed E-state index contributed by atoms with van der Waals surface area (Å²) in [6.45, 7) is 2.96. The topological polar surface area (TPSA) is 116 Å². The van der Waals surface area contributed by atoms with Gasteiger partial charge in [0.2, 0.25) is 0 Å². The molecule has 0 bridgehead atoms. The number of carbonyl (C=O) groups excluding carboxylic acids is 3. The number of esters is 1. The van der Waals surface area contributed by atoms with Crippen LogP contribution in [0.3, 0.4) is 0 Å². The first-order valence-electron chi connectivity index (χ1n) is 8.59. The van der Waals surface area contributed by atoms with Gasteiger partial charge in [-0.2, -0.15) is 0 Å². The molecule has 1 unspecified atom stereocenters. The molecule has 146 valence electrons. The second kappa shape index (κ2) is 9.40. The molecule has 0 saturated carbocycles. The van der Waals surface area contributed by atoms with Crippen molar-refractivity contribution in [2.45, 2.75) is 19.9 Å². The smallest absolute Gasteiger partial charge is 0.329 e. The van der Waals surface area contributed by atoms with E-state index in [1.807, 2.05) is 0 Å². The summed E-state index contributed by atoms with van der Waals surface area (Å²) in [4.78, 5) is 46.8. The zero-order chi connectivity index (χ0) is 20.7. The van der Waals surface area contributed by atoms with Gasteiger partial charge in [-0.3, -0.25) is 19.7 Å². The van der Waals surface area contributed by atoms with E-state index in [0.717, 1.165) is 0 Å². The van der Waals surface area contributed by atoms with Gasteiger partial charge >= 0.3 is 5.97 Å². The van der Waals surface area contributed by atoms with Crippen LogP contribution in [-0.2, 0) is 9.53 Å². The zero-order valence-electron chi connectivity index (χ0n) is 15.5. The van der Waals surface area contributed by atoms with Gasteiger partial charge in [0, 0.05) is 23.3 Å². The van der Waals surface area contributed by atoms with Crippen LogP contribution in [0.25, 0.3) is 0 Å². The van der Waals surface area contributed by atoms with E-state index < -0.39 is 35.2 Å². The summed E-state index contributed by atoms with van der Waals surface area (Å²) in [5.74, 6) is -1.90. The Balaban J connectivity index is 1.97. The fraction of sp³-hybridized carbons (Fsp3) is 0.250. The van der Waals surface area contributed by atoms with Crippen LogP contribution in [0.1, 0.15) is 34.6 Å². The first-order valence-corrected chi connectivity index (χ1v) is 8.59. The van der Waals surface area contributed by atoms with E-state index in [4.69, 9.17) is 4.74 Å². The van der Waals surface area contributed by atoms with E-state index in [0.29, 0.717) is 5.56 Å². The number of nitro benzene ring substituents is 1. The largest absolute Gasteiger partial charge is 0.456 e. The fourth-order valence-electron chi connectivity index (χ4n) is 2.39. The zero-order valence-corrected chi connectivity index (χ0v) is 15.5. The maximum Gasteiger partial charge on any atom is 0.329 e. The van der Waals surface area contributed by atoms with E-state index in [2.05, 4.69) is 5.32 Å². The van der Waals surface area contributed by atoms with Crippen LogP contribution in [-0.4, -0.2) is 35.2 Å². The van der Waals surface area contributed by atoms with Crippen LogP contribution in [0, 0.1) is 16.0 Å². The molecular formula is C20H20N2O6. The highest BCUT2D eigenvalue weighted by Gasteiger charge is 2.27. The average molecular weight is 384 g/mol. The lowest BCUT2D eigenvalue weighted by Gasteiger charge is -2.20. The Kier molecular flexibility index (Phi) is 6.97. The van der Waals surface area contributed by atoms with E-state index in [9.17, 15) is 24.5 Å².